The fourth-order valence-electron chi connectivity index (χ4n) is 3.02. The molecule has 1 aliphatic heterocycles. The third-order valence-corrected chi connectivity index (χ3v) is 4.40. The molecule has 1 aromatic heterocycles. The van der Waals surface area contributed by atoms with Gasteiger partial charge in [0.1, 0.15) is 6.10 Å². The highest BCUT2D eigenvalue weighted by molar-refractivity contribution is 5.94. The van der Waals surface area contributed by atoms with Gasteiger partial charge >= 0.3 is 0 Å². The molecule has 2 N–H and O–H groups in total. The Morgan fingerprint density at radius 2 is 2.07 bits per heavy atom. The highest BCUT2D eigenvalue weighted by atomic mass is 16.5. The number of aromatic nitrogens is 2. The van der Waals surface area contributed by atoms with Crippen molar-refractivity contribution >= 4 is 11.9 Å². The molecule has 0 spiro atoms. The second-order valence-corrected chi connectivity index (χ2v) is 6.35. The number of amides is 1. The summed E-state index contributed by atoms with van der Waals surface area (Å²) in [6.07, 6.45) is 3.79. The van der Waals surface area contributed by atoms with E-state index in [0.29, 0.717) is 31.8 Å². The van der Waals surface area contributed by atoms with Gasteiger partial charge in [-0.2, -0.15) is 5.10 Å². The molecule has 0 aliphatic carbocycles. The van der Waals surface area contributed by atoms with Crippen molar-refractivity contribution < 1.29 is 9.53 Å². The summed E-state index contributed by atoms with van der Waals surface area (Å²) in [5, 5.41) is 10.4. The van der Waals surface area contributed by atoms with Gasteiger partial charge in [0.15, 0.2) is 5.96 Å². The zero-order valence-corrected chi connectivity index (χ0v) is 15.8. The molecule has 8 nitrogen and oxygen atoms in total. The summed E-state index contributed by atoms with van der Waals surface area (Å²) in [4.78, 5) is 18.6. The standard InChI is InChI=1S/C19H26N6O2/c1-20-19(22-9-8-21-18(26)15-6-4-3-5-7-15)25-10-11-27-17(14-25)16-12-23-24(2)13-16/h3-7,12-13,17H,8-11,14H2,1-2H3,(H,20,22)(H,21,26). The third kappa shape index (κ3) is 5.07. The molecular weight excluding hydrogens is 344 g/mol. The van der Waals surface area contributed by atoms with E-state index in [-0.39, 0.29) is 12.0 Å². The van der Waals surface area contributed by atoms with Crippen LogP contribution in [-0.4, -0.2) is 66.4 Å². The molecule has 1 aliphatic rings. The van der Waals surface area contributed by atoms with E-state index < -0.39 is 0 Å². The van der Waals surface area contributed by atoms with Crippen molar-refractivity contribution in [3.63, 3.8) is 0 Å². The van der Waals surface area contributed by atoms with Gasteiger partial charge in [0.2, 0.25) is 0 Å². The Balaban J connectivity index is 1.46. The van der Waals surface area contributed by atoms with Crippen molar-refractivity contribution in [2.45, 2.75) is 6.10 Å². The first-order chi connectivity index (χ1) is 13.2. The number of benzene rings is 1. The van der Waals surface area contributed by atoms with E-state index >= 15 is 0 Å². The quantitative estimate of drug-likeness (QED) is 0.462. The van der Waals surface area contributed by atoms with Crippen molar-refractivity contribution in [2.75, 3.05) is 39.8 Å². The van der Waals surface area contributed by atoms with E-state index in [1.807, 2.05) is 37.6 Å². The lowest BCUT2D eigenvalue weighted by molar-refractivity contribution is -0.00800. The molecule has 1 amide bonds. The van der Waals surface area contributed by atoms with Gasteiger partial charge < -0.3 is 20.3 Å². The normalized spacial score (nSPS) is 17.6. The zero-order chi connectivity index (χ0) is 19.1. The largest absolute Gasteiger partial charge is 0.370 e. The molecule has 1 unspecified atom stereocenters. The molecule has 1 atom stereocenters. The van der Waals surface area contributed by atoms with Crippen LogP contribution in [0.15, 0.2) is 47.7 Å². The SMILES string of the molecule is CN=C(NCCNC(=O)c1ccccc1)N1CCOC(c2cnn(C)c2)C1. The van der Waals surface area contributed by atoms with Gasteiger partial charge in [-0.3, -0.25) is 14.5 Å². The van der Waals surface area contributed by atoms with Crippen LogP contribution >= 0.6 is 0 Å². The third-order valence-electron chi connectivity index (χ3n) is 4.40. The molecule has 1 fully saturated rings. The van der Waals surface area contributed by atoms with Crippen LogP contribution in [0.5, 0.6) is 0 Å². The van der Waals surface area contributed by atoms with Crippen LogP contribution in [0, 0.1) is 0 Å². The fourth-order valence-corrected chi connectivity index (χ4v) is 3.02. The zero-order valence-electron chi connectivity index (χ0n) is 15.8. The highest BCUT2D eigenvalue weighted by Crippen LogP contribution is 2.21. The summed E-state index contributed by atoms with van der Waals surface area (Å²) in [5.41, 5.74) is 1.72. The van der Waals surface area contributed by atoms with Gasteiger partial charge in [0.25, 0.3) is 5.91 Å². The number of carbonyl (C=O) groups excluding carboxylic acids is 1. The van der Waals surface area contributed by atoms with E-state index in [9.17, 15) is 4.79 Å². The summed E-state index contributed by atoms with van der Waals surface area (Å²) >= 11 is 0. The van der Waals surface area contributed by atoms with Crippen LogP contribution in [0.3, 0.4) is 0 Å². The number of nitrogens with one attached hydrogen (secondary N) is 2. The minimum absolute atomic E-state index is 0.0243. The maximum atomic E-state index is 12.1. The molecule has 2 aromatic rings. The monoisotopic (exact) mass is 370 g/mol. The number of ether oxygens (including phenoxy) is 1. The van der Waals surface area contributed by atoms with E-state index in [0.717, 1.165) is 18.1 Å². The first kappa shape index (κ1) is 18.9. The summed E-state index contributed by atoms with van der Waals surface area (Å²) in [6.45, 7) is 3.23. The average Bonchev–Trinajstić information content (AvgIpc) is 3.15. The van der Waals surface area contributed by atoms with Gasteiger partial charge in [0, 0.05) is 51.1 Å². The van der Waals surface area contributed by atoms with Crippen LogP contribution < -0.4 is 10.6 Å². The summed E-state index contributed by atoms with van der Waals surface area (Å²) in [7, 11) is 3.66. The minimum Gasteiger partial charge on any atom is -0.370 e. The number of rotatable bonds is 5. The van der Waals surface area contributed by atoms with E-state index in [4.69, 9.17) is 4.74 Å². The van der Waals surface area contributed by atoms with Crippen molar-refractivity contribution in [1.82, 2.24) is 25.3 Å². The molecule has 3 rings (SSSR count). The van der Waals surface area contributed by atoms with Gasteiger partial charge in [-0.25, -0.2) is 0 Å². The Bertz CT molecular complexity index is 774. The average molecular weight is 370 g/mol. The van der Waals surface area contributed by atoms with Crippen molar-refractivity contribution in [1.29, 1.82) is 0 Å². The topological polar surface area (TPSA) is 83.8 Å². The molecule has 1 saturated heterocycles. The molecule has 0 bridgehead atoms. The van der Waals surface area contributed by atoms with Crippen LogP contribution in [0.2, 0.25) is 0 Å². The lowest BCUT2D eigenvalue weighted by atomic mass is 10.1. The van der Waals surface area contributed by atoms with Crippen LogP contribution in [-0.2, 0) is 11.8 Å². The molecule has 144 valence electrons. The lowest BCUT2D eigenvalue weighted by Crippen LogP contribution is -2.49. The smallest absolute Gasteiger partial charge is 0.251 e. The molecule has 0 radical (unpaired) electrons. The van der Waals surface area contributed by atoms with Gasteiger partial charge in [-0.05, 0) is 12.1 Å². The highest BCUT2D eigenvalue weighted by Gasteiger charge is 2.25. The Morgan fingerprint density at radius 1 is 1.30 bits per heavy atom. The Morgan fingerprint density at radius 3 is 2.78 bits per heavy atom. The van der Waals surface area contributed by atoms with Crippen molar-refractivity contribution in [3.8, 4) is 0 Å². The van der Waals surface area contributed by atoms with E-state index in [2.05, 4.69) is 25.6 Å². The van der Waals surface area contributed by atoms with Gasteiger partial charge in [0.05, 0.1) is 19.3 Å². The lowest BCUT2D eigenvalue weighted by Gasteiger charge is -2.34. The second-order valence-electron chi connectivity index (χ2n) is 6.35. The van der Waals surface area contributed by atoms with Crippen LogP contribution in [0.1, 0.15) is 22.0 Å². The van der Waals surface area contributed by atoms with Gasteiger partial charge in [-0.15, -0.1) is 0 Å². The van der Waals surface area contributed by atoms with E-state index in [1.165, 1.54) is 0 Å². The summed E-state index contributed by atoms with van der Waals surface area (Å²) < 4.78 is 7.65. The van der Waals surface area contributed by atoms with Gasteiger partial charge in [-0.1, -0.05) is 18.2 Å². The second kappa shape index (κ2) is 9.18. The predicted octanol–water partition coefficient (Wildman–Crippen LogP) is 0.799. The van der Waals surface area contributed by atoms with Crippen LogP contribution in [0.25, 0.3) is 0 Å². The minimum atomic E-state index is -0.0737. The maximum Gasteiger partial charge on any atom is 0.251 e. The number of hydrogen-bond acceptors (Lipinski definition) is 4. The van der Waals surface area contributed by atoms with Crippen molar-refractivity contribution in [3.05, 3.63) is 53.9 Å². The molecule has 2 heterocycles. The number of aryl methyl sites for hydroxylation is 1. The number of morpholine rings is 1. The fraction of sp³-hybridized carbons (Fsp3) is 0.421. The first-order valence-corrected chi connectivity index (χ1v) is 9.06. The molecule has 1 aromatic carbocycles. The number of nitrogens with zero attached hydrogens (tertiary/aromatic N) is 4. The molecular formula is C19H26N6O2. The Kier molecular flexibility index (Phi) is 6.43. The molecule has 0 saturated carbocycles. The molecule has 8 heteroatoms. The van der Waals surface area contributed by atoms with Crippen LogP contribution in [0.4, 0.5) is 0 Å². The Hall–Kier alpha value is -2.87. The number of hydrogen-bond donors (Lipinski definition) is 2. The first-order valence-electron chi connectivity index (χ1n) is 9.06. The Labute approximate surface area is 159 Å². The van der Waals surface area contributed by atoms with E-state index in [1.54, 1.807) is 23.9 Å². The summed E-state index contributed by atoms with van der Waals surface area (Å²) in [5.74, 6) is 0.733. The number of aliphatic imine (C=N–C) groups is 1. The van der Waals surface area contributed by atoms with Crippen molar-refractivity contribution in [2.24, 2.45) is 12.0 Å². The number of carbonyl (C=O) groups is 1. The maximum absolute atomic E-state index is 12.1. The molecule has 27 heavy (non-hydrogen) atoms. The summed E-state index contributed by atoms with van der Waals surface area (Å²) in [6, 6.07) is 9.20. The predicted molar refractivity (Wildman–Crippen MR) is 104 cm³/mol. The number of guanidine groups is 1.